The minimum absolute atomic E-state index is 0.104. The van der Waals surface area contributed by atoms with Crippen LogP contribution >= 0.6 is 0 Å². The van der Waals surface area contributed by atoms with Gasteiger partial charge in [-0.05, 0) is 39.2 Å². The molecule has 0 spiro atoms. The Kier molecular flexibility index (Phi) is 4.42. The second kappa shape index (κ2) is 6.07. The predicted molar refractivity (Wildman–Crippen MR) is 79.3 cm³/mol. The highest BCUT2D eigenvalue weighted by atomic mass is 16.4. The largest absolute Gasteiger partial charge is 0.409 e. The van der Waals surface area contributed by atoms with Crippen molar-refractivity contribution in [2.24, 2.45) is 10.9 Å². The third kappa shape index (κ3) is 2.55. The number of anilines is 1. The van der Waals surface area contributed by atoms with Crippen LogP contribution in [0, 0.1) is 13.8 Å². The quantitative estimate of drug-likeness (QED) is 0.380. The molecule has 1 saturated carbocycles. The molecule has 1 aromatic heterocycles. The molecule has 1 aliphatic rings. The van der Waals surface area contributed by atoms with Gasteiger partial charge >= 0.3 is 0 Å². The van der Waals surface area contributed by atoms with Gasteiger partial charge in [0.1, 0.15) is 0 Å². The summed E-state index contributed by atoms with van der Waals surface area (Å²) in [5, 5.41) is 20.7. The molecule has 1 aromatic rings. The van der Waals surface area contributed by atoms with E-state index in [4.69, 9.17) is 10.9 Å². The first-order chi connectivity index (χ1) is 9.60. The Hall–Kier alpha value is -1.85. The Morgan fingerprint density at radius 1 is 1.35 bits per heavy atom. The zero-order valence-corrected chi connectivity index (χ0v) is 12.4. The van der Waals surface area contributed by atoms with Crippen molar-refractivity contribution in [1.29, 1.82) is 0 Å². The summed E-state index contributed by atoms with van der Waals surface area (Å²) in [6.07, 6.45) is 4.83. The van der Waals surface area contributed by atoms with E-state index in [9.17, 15) is 0 Å². The van der Waals surface area contributed by atoms with Gasteiger partial charge in [-0.2, -0.15) is 5.10 Å². The number of hydrogen-bond donors (Lipinski definition) is 2. The Bertz CT molecular complexity index is 509. The van der Waals surface area contributed by atoms with Crippen molar-refractivity contribution < 1.29 is 5.21 Å². The minimum Gasteiger partial charge on any atom is -0.409 e. The lowest BCUT2D eigenvalue weighted by atomic mass is 10.1. The molecule has 0 saturated heterocycles. The van der Waals surface area contributed by atoms with E-state index in [0.717, 1.165) is 36.5 Å². The van der Waals surface area contributed by atoms with Crippen LogP contribution < -0.4 is 10.6 Å². The van der Waals surface area contributed by atoms with Crippen LogP contribution in [0.3, 0.4) is 0 Å². The second-order valence-electron chi connectivity index (χ2n) is 5.32. The first-order valence-electron chi connectivity index (χ1n) is 7.18. The van der Waals surface area contributed by atoms with Gasteiger partial charge in [-0.25, -0.2) is 0 Å². The maximum absolute atomic E-state index is 9.04. The monoisotopic (exact) mass is 277 g/mol. The second-order valence-corrected chi connectivity index (χ2v) is 5.32. The lowest BCUT2D eigenvalue weighted by Gasteiger charge is -2.30. The highest BCUT2D eigenvalue weighted by Gasteiger charge is 2.27. The van der Waals surface area contributed by atoms with Crippen LogP contribution in [0.5, 0.6) is 0 Å². The van der Waals surface area contributed by atoms with E-state index < -0.39 is 0 Å². The third-order valence-corrected chi connectivity index (χ3v) is 4.18. The molecule has 0 atom stereocenters. The van der Waals surface area contributed by atoms with Crippen LogP contribution in [-0.4, -0.2) is 33.8 Å². The molecule has 1 heterocycles. The van der Waals surface area contributed by atoms with Gasteiger partial charge in [0.15, 0.2) is 11.7 Å². The van der Waals surface area contributed by atoms with E-state index in [1.807, 2.05) is 13.8 Å². The van der Waals surface area contributed by atoms with Crippen molar-refractivity contribution >= 4 is 11.7 Å². The highest BCUT2D eigenvalue weighted by Crippen LogP contribution is 2.30. The fourth-order valence-corrected chi connectivity index (χ4v) is 2.95. The maximum atomic E-state index is 9.04. The maximum Gasteiger partial charge on any atom is 0.174 e. The van der Waals surface area contributed by atoms with Gasteiger partial charge in [0.25, 0.3) is 0 Å². The number of hydrogen-bond acceptors (Lipinski definition) is 5. The van der Waals surface area contributed by atoms with Crippen LogP contribution in [0.15, 0.2) is 5.16 Å². The topological polar surface area (TPSA) is 87.6 Å². The average molecular weight is 277 g/mol. The van der Waals surface area contributed by atoms with E-state index in [0.29, 0.717) is 11.6 Å². The number of nitrogens with zero attached hydrogens (tertiary/aromatic N) is 4. The molecule has 6 nitrogen and oxygen atoms in total. The first kappa shape index (κ1) is 14.6. The van der Waals surface area contributed by atoms with E-state index in [1.54, 1.807) is 0 Å². The van der Waals surface area contributed by atoms with E-state index in [2.05, 4.69) is 27.2 Å². The van der Waals surface area contributed by atoms with Gasteiger partial charge < -0.3 is 15.8 Å². The Morgan fingerprint density at radius 3 is 2.55 bits per heavy atom. The number of nitrogens with two attached hydrogens (primary N) is 1. The van der Waals surface area contributed by atoms with Crippen LogP contribution in [0.2, 0.25) is 0 Å². The number of aromatic nitrogens is 2. The van der Waals surface area contributed by atoms with Crippen LogP contribution in [-0.2, 0) is 0 Å². The zero-order chi connectivity index (χ0) is 14.7. The van der Waals surface area contributed by atoms with Gasteiger partial charge in [0.2, 0.25) is 0 Å². The molecule has 0 bridgehead atoms. The van der Waals surface area contributed by atoms with Crippen LogP contribution in [0.1, 0.15) is 49.4 Å². The van der Waals surface area contributed by atoms with E-state index in [-0.39, 0.29) is 5.84 Å². The van der Waals surface area contributed by atoms with E-state index >= 15 is 0 Å². The average Bonchev–Trinajstić information content (AvgIpc) is 2.97. The molecule has 6 heteroatoms. The van der Waals surface area contributed by atoms with Crippen molar-refractivity contribution in [3.05, 3.63) is 16.8 Å². The molecular weight excluding hydrogens is 254 g/mol. The normalized spacial score (nSPS) is 16.6. The zero-order valence-electron chi connectivity index (χ0n) is 12.4. The van der Waals surface area contributed by atoms with E-state index in [1.165, 1.54) is 12.8 Å². The van der Waals surface area contributed by atoms with Crippen molar-refractivity contribution in [1.82, 2.24) is 10.2 Å². The smallest absolute Gasteiger partial charge is 0.174 e. The molecule has 0 amide bonds. The van der Waals surface area contributed by atoms with Crippen molar-refractivity contribution in [3.8, 4) is 0 Å². The SMILES string of the molecule is CCN(c1nnc(C)c(C)c1/C(N)=N/O)C1CCCC1. The summed E-state index contributed by atoms with van der Waals surface area (Å²) in [6.45, 7) is 6.76. The number of oxime groups is 1. The lowest BCUT2D eigenvalue weighted by Crippen LogP contribution is -2.36. The summed E-state index contributed by atoms with van der Waals surface area (Å²) in [5.41, 5.74) is 8.29. The summed E-state index contributed by atoms with van der Waals surface area (Å²) in [7, 11) is 0. The molecule has 110 valence electrons. The standard InChI is InChI=1S/C14H23N5O/c1-4-19(11-7-5-6-8-11)14-12(13(15)18-20)9(2)10(3)16-17-14/h11,20H,4-8H2,1-3H3,(H2,15,18). The predicted octanol–water partition coefficient (Wildman–Crippen LogP) is 1.96. The molecule has 2 rings (SSSR count). The molecule has 1 fully saturated rings. The van der Waals surface area contributed by atoms with Gasteiger partial charge in [-0.1, -0.05) is 18.0 Å². The Balaban J connectivity index is 2.51. The molecule has 0 unspecified atom stereocenters. The fourth-order valence-electron chi connectivity index (χ4n) is 2.95. The molecule has 1 aliphatic carbocycles. The van der Waals surface area contributed by atoms with Gasteiger partial charge in [0.05, 0.1) is 11.3 Å². The molecule has 20 heavy (non-hydrogen) atoms. The van der Waals surface area contributed by atoms with Crippen molar-refractivity contribution in [3.63, 3.8) is 0 Å². The van der Waals surface area contributed by atoms with Gasteiger partial charge in [-0.15, -0.1) is 5.10 Å². The summed E-state index contributed by atoms with van der Waals surface area (Å²) in [5.74, 6) is 0.838. The lowest BCUT2D eigenvalue weighted by molar-refractivity contribution is 0.318. The number of aryl methyl sites for hydroxylation is 1. The Labute approximate surface area is 119 Å². The first-order valence-corrected chi connectivity index (χ1v) is 7.18. The fraction of sp³-hybridized carbons (Fsp3) is 0.643. The van der Waals surface area contributed by atoms with Crippen molar-refractivity contribution in [2.75, 3.05) is 11.4 Å². The molecule has 0 radical (unpaired) electrons. The highest BCUT2D eigenvalue weighted by molar-refractivity contribution is 6.02. The van der Waals surface area contributed by atoms with Gasteiger partial charge in [0, 0.05) is 12.6 Å². The molecular formula is C14H23N5O. The summed E-state index contributed by atoms with van der Waals surface area (Å²) in [4.78, 5) is 2.24. The summed E-state index contributed by atoms with van der Waals surface area (Å²) >= 11 is 0. The molecule has 0 aliphatic heterocycles. The van der Waals surface area contributed by atoms with Gasteiger partial charge in [-0.3, -0.25) is 0 Å². The Morgan fingerprint density at radius 2 is 2.00 bits per heavy atom. The third-order valence-electron chi connectivity index (χ3n) is 4.18. The minimum atomic E-state index is 0.104. The molecule has 3 N–H and O–H groups in total. The van der Waals surface area contributed by atoms with Crippen LogP contribution in [0.4, 0.5) is 5.82 Å². The number of amidine groups is 1. The number of rotatable bonds is 4. The summed E-state index contributed by atoms with van der Waals surface area (Å²) < 4.78 is 0. The van der Waals surface area contributed by atoms with Crippen LogP contribution in [0.25, 0.3) is 0 Å². The summed E-state index contributed by atoms with van der Waals surface area (Å²) in [6, 6.07) is 0.474. The van der Waals surface area contributed by atoms with Crippen molar-refractivity contribution in [2.45, 2.75) is 52.5 Å². The molecule has 0 aromatic carbocycles.